The molecule has 3 aromatic rings. The van der Waals surface area contributed by atoms with Crippen LogP contribution in [0.5, 0.6) is 0 Å². The topological polar surface area (TPSA) is 66.3 Å². The van der Waals surface area contributed by atoms with Gasteiger partial charge in [0.2, 0.25) is 0 Å². The highest BCUT2D eigenvalue weighted by atomic mass is 16.4. The van der Waals surface area contributed by atoms with E-state index in [1.165, 1.54) is 11.3 Å². The highest BCUT2D eigenvalue weighted by Gasteiger charge is 2.28. The Labute approximate surface area is 177 Å². The van der Waals surface area contributed by atoms with Crippen LogP contribution in [0.25, 0.3) is 22.6 Å². The van der Waals surface area contributed by atoms with Gasteiger partial charge in [-0.05, 0) is 37.5 Å². The molecule has 1 atom stereocenters. The highest BCUT2D eigenvalue weighted by molar-refractivity contribution is 5.82. The van der Waals surface area contributed by atoms with Crippen molar-refractivity contribution in [2.45, 2.75) is 39.0 Å². The van der Waals surface area contributed by atoms with Crippen LogP contribution in [-0.2, 0) is 11.2 Å². The number of fused-ring (bicyclic) bond motifs is 1. The maximum absolute atomic E-state index is 12.1. The fourth-order valence-electron chi connectivity index (χ4n) is 4.33. The molecule has 5 heteroatoms. The lowest BCUT2D eigenvalue weighted by Crippen LogP contribution is -2.16. The van der Waals surface area contributed by atoms with Gasteiger partial charge < -0.3 is 10.0 Å². The Hall–Kier alpha value is -3.21. The molecule has 0 aliphatic carbocycles. The van der Waals surface area contributed by atoms with Gasteiger partial charge in [-0.15, -0.1) is 0 Å². The van der Waals surface area contributed by atoms with Crippen LogP contribution < -0.4 is 4.90 Å². The van der Waals surface area contributed by atoms with Crippen molar-refractivity contribution in [1.29, 1.82) is 0 Å². The summed E-state index contributed by atoms with van der Waals surface area (Å²) < 4.78 is 0. The zero-order valence-corrected chi connectivity index (χ0v) is 17.7. The fourth-order valence-corrected chi connectivity index (χ4v) is 4.33. The van der Waals surface area contributed by atoms with Gasteiger partial charge in [0.15, 0.2) is 5.82 Å². The van der Waals surface area contributed by atoms with Crippen molar-refractivity contribution >= 4 is 11.7 Å². The highest BCUT2D eigenvalue weighted by Crippen LogP contribution is 2.37. The van der Waals surface area contributed by atoms with E-state index in [1.807, 2.05) is 44.2 Å². The third kappa shape index (κ3) is 3.67. The number of carbonyl (C=O) groups is 1. The Morgan fingerprint density at radius 1 is 1.13 bits per heavy atom. The molecular formula is C25H27N3O2. The molecule has 1 aliphatic rings. The number of benzene rings is 2. The molecular weight excluding hydrogens is 374 g/mol. The first kappa shape index (κ1) is 20.1. The van der Waals surface area contributed by atoms with Crippen LogP contribution in [0, 0.1) is 6.92 Å². The van der Waals surface area contributed by atoms with Crippen molar-refractivity contribution in [2.75, 3.05) is 18.5 Å². The normalized spacial score (nSPS) is 13.9. The molecule has 0 spiro atoms. The SMILES string of the molecule is CCCC(C(=O)O)c1c(C)nc(-c2ccccc2)nc1-c1ccc2c(c1)CCN2C. The van der Waals surface area contributed by atoms with Gasteiger partial charge in [0.25, 0.3) is 0 Å². The molecule has 4 rings (SSSR count). The van der Waals surface area contributed by atoms with Crippen LogP contribution in [0.4, 0.5) is 5.69 Å². The van der Waals surface area contributed by atoms with E-state index in [0.717, 1.165) is 47.5 Å². The largest absolute Gasteiger partial charge is 0.481 e. The van der Waals surface area contributed by atoms with Gasteiger partial charge in [-0.2, -0.15) is 0 Å². The Morgan fingerprint density at radius 3 is 2.60 bits per heavy atom. The summed E-state index contributed by atoms with van der Waals surface area (Å²) in [7, 11) is 2.10. The maximum atomic E-state index is 12.1. The van der Waals surface area contributed by atoms with Crippen molar-refractivity contribution in [3.8, 4) is 22.6 Å². The number of hydrogen-bond donors (Lipinski definition) is 1. The second-order valence-electron chi connectivity index (χ2n) is 7.96. The van der Waals surface area contributed by atoms with Gasteiger partial charge in [0.1, 0.15) is 0 Å². The molecule has 1 N–H and O–H groups in total. The lowest BCUT2D eigenvalue weighted by Gasteiger charge is -2.20. The second-order valence-corrected chi connectivity index (χ2v) is 7.96. The molecule has 0 fully saturated rings. The van der Waals surface area contributed by atoms with E-state index in [2.05, 4.69) is 30.1 Å². The van der Waals surface area contributed by atoms with Gasteiger partial charge in [-0.3, -0.25) is 4.79 Å². The molecule has 0 bridgehead atoms. The van der Waals surface area contributed by atoms with E-state index in [0.29, 0.717) is 12.2 Å². The minimum Gasteiger partial charge on any atom is -0.481 e. The van der Waals surface area contributed by atoms with Crippen molar-refractivity contribution in [2.24, 2.45) is 0 Å². The van der Waals surface area contributed by atoms with Crippen molar-refractivity contribution in [3.05, 3.63) is 65.4 Å². The summed E-state index contributed by atoms with van der Waals surface area (Å²) in [5.74, 6) is -0.811. The predicted octanol–water partition coefficient (Wildman–Crippen LogP) is 5.08. The number of carboxylic acid groups (broad SMARTS) is 1. The maximum Gasteiger partial charge on any atom is 0.311 e. The Kier molecular flexibility index (Phi) is 5.53. The summed E-state index contributed by atoms with van der Waals surface area (Å²) in [5, 5.41) is 9.97. The molecule has 0 radical (unpaired) electrons. The number of aromatic nitrogens is 2. The molecule has 5 nitrogen and oxygen atoms in total. The van der Waals surface area contributed by atoms with Gasteiger partial charge in [-0.25, -0.2) is 9.97 Å². The Bertz CT molecular complexity index is 1080. The van der Waals surface area contributed by atoms with Crippen LogP contribution in [0.2, 0.25) is 0 Å². The quantitative estimate of drug-likeness (QED) is 0.624. The van der Waals surface area contributed by atoms with E-state index in [9.17, 15) is 9.90 Å². The molecule has 1 aliphatic heterocycles. The first-order valence-electron chi connectivity index (χ1n) is 10.5. The molecule has 30 heavy (non-hydrogen) atoms. The minimum atomic E-state index is -0.821. The molecule has 2 heterocycles. The summed E-state index contributed by atoms with van der Waals surface area (Å²) >= 11 is 0. The summed E-state index contributed by atoms with van der Waals surface area (Å²) in [6.07, 6.45) is 2.33. The monoisotopic (exact) mass is 401 g/mol. The van der Waals surface area contributed by atoms with Crippen LogP contribution in [0.1, 0.15) is 42.5 Å². The number of nitrogens with zero attached hydrogens (tertiary/aromatic N) is 3. The number of rotatable bonds is 6. The predicted molar refractivity (Wildman–Crippen MR) is 120 cm³/mol. The number of aliphatic carboxylic acids is 1. The number of aryl methyl sites for hydroxylation is 1. The van der Waals surface area contributed by atoms with Crippen LogP contribution in [0.3, 0.4) is 0 Å². The van der Waals surface area contributed by atoms with E-state index in [1.54, 1.807) is 0 Å². The summed E-state index contributed by atoms with van der Waals surface area (Å²) in [6.45, 7) is 4.91. The third-order valence-electron chi connectivity index (χ3n) is 5.87. The van der Waals surface area contributed by atoms with Gasteiger partial charge in [0, 0.05) is 41.7 Å². The third-order valence-corrected chi connectivity index (χ3v) is 5.87. The zero-order chi connectivity index (χ0) is 21.3. The number of likely N-dealkylation sites (N-methyl/N-ethyl adjacent to an activating group) is 1. The molecule has 0 saturated heterocycles. The lowest BCUT2D eigenvalue weighted by atomic mass is 9.89. The number of hydrogen-bond acceptors (Lipinski definition) is 4. The van der Waals surface area contributed by atoms with Gasteiger partial charge in [0.05, 0.1) is 11.6 Å². The molecule has 1 aromatic heterocycles. The molecule has 1 unspecified atom stereocenters. The van der Waals surface area contributed by atoms with Crippen LogP contribution in [-0.4, -0.2) is 34.6 Å². The smallest absolute Gasteiger partial charge is 0.311 e. The Morgan fingerprint density at radius 2 is 1.90 bits per heavy atom. The summed E-state index contributed by atoms with van der Waals surface area (Å²) in [6, 6.07) is 16.2. The molecule has 154 valence electrons. The second kappa shape index (κ2) is 8.27. The minimum absolute atomic E-state index is 0.560. The van der Waals surface area contributed by atoms with E-state index in [4.69, 9.17) is 9.97 Å². The summed E-state index contributed by atoms with van der Waals surface area (Å²) in [4.78, 5) is 24.0. The van der Waals surface area contributed by atoms with E-state index >= 15 is 0 Å². The lowest BCUT2D eigenvalue weighted by molar-refractivity contribution is -0.139. The average Bonchev–Trinajstić information content (AvgIpc) is 3.12. The molecule has 2 aromatic carbocycles. The van der Waals surface area contributed by atoms with Crippen molar-refractivity contribution in [1.82, 2.24) is 9.97 Å². The molecule has 0 amide bonds. The van der Waals surface area contributed by atoms with Gasteiger partial charge in [-0.1, -0.05) is 49.7 Å². The zero-order valence-electron chi connectivity index (χ0n) is 17.7. The number of carboxylic acids is 1. The fraction of sp³-hybridized carbons (Fsp3) is 0.320. The first-order chi connectivity index (χ1) is 14.5. The Balaban J connectivity index is 1.93. The standard InChI is InChI=1S/C25H27N3O2/c1-4-8-20(25(29)30)22-16(2)26-24(17-9-6-5-7-10-17)27-23(22)19-11-12-21-18(15-19)13-14-28(21)3/h5-7,9-12,15,20H,4,8,13-14H2,1-3H3,(H,29,30). The van der Waals surface area contributed by atoms with E-state index < -0.39 is 11.9 Å². The number of anilines is 1. The van der Waals surface area contributed by atoms with Crippen molar-refractivity contribution < 1.29 is 9.90 Å². The van der Waals surface area contributed by atoms with E-state index in [-0.39, 0.29) is 0 Å². The summed E-state index contributed by atoms with van der Waals surface area (Å²) in [5.41, 5.74) is 6.60. The first-order valence-corrected chi connectivity index (χ1v) is 10.5. The average molecular weight is 402 g/mol. The van der Waals surface area contributed by atoms with Crippen LogP contribution >= 0.6 is 0 Å². The molecule has 0 saturated carbocycles. The van der Waals surface area contributed by atoms with Gasteiger partial charge >= 0.3 is 5.97 Å². The van der Waals surface area contributed by atoms with Crippen molar-refractivity contribution in [3.63, 3.8) is 0 Å². The van der Waals surface area contributed by atoms with Crippen LogP contribution in [0.15, 0.2) is 48.5 Å².